The fraction of sp³-hybridized carbons (Fsp3) is 0.750. The Hall–Kier alpha value is -1.38. The molecule has 0 atom stereocenters. The molecule has 35 heavy (non-hydrogen) atoms. The molecule has 1 nitrogen and oxygen atoms in total. The minimum atomic E-state index is -0.825. The molecule has 1 aromatic carbocycles. The third-order valence-electron chi connectivity index (χ3n) is 9.76. The molecule has 0 amide bonds. The van der Waals surface area contributed by atoms with Gasteiger partial charge in [0.25, 0.3) is 0 Å². The molecule has 3 saturated carbocycles. The summed E-state index contributed by atoms with van der Waals surface area (Å²) in [5.41, 5.74) is 0.540. The first-order valence-electron chi connectivity index (χ1n) is 14.9. The van der Waals surface area contributed by atoms with E-state index in [-0.39, 0.29) is 11.7 Å². The lowest BCUT2D eigenvalue weighted by Crippen LogP contribution is -2.25. The molecular formula is C32H48F2O. The lowest BCUT2D eigenvalue weighted by molar-refractivity contribution is 0.154. The Balaban J connectivity index is 1.13. The second kappa shape index (κ2) is 13.2. The second-order valence-electron chi connectivity index (χ2n) is 11.8. The monoisotopic (exact) mass is 486 g/mol. The summed E-state index contributed by atoms with van der Waals surface area (Å²) in [5, 5.41) is 0. The zero-order chi connectivity index (χ0) is 24.6. The van der Waals surface area contributed by atoms with E-state index in [9.17, 15) is 8.78 Å². The molecule has 3 heteroatoms. The van der Waals surface area contributed by atoms with Crippen molar-refractivity contribution in [3.8, 4) is 5.75 Å². The molecule has 3 aliphatic carbocycles. The minimum Gasteiger partial charge on any atom is -0.491 e. The summed E-state index contributed by atoms with van der Waals surface area (Å²) >= 11 is 0. The number of hydrogen-bond donors (Lipinski definition) is 0. The van der Waals surface area contributed by atoms with Crippen LogP contribution in [-0.4, -0.2) is 6.61 Å². The first kappa shape index (κ1) is 26.7. The topological polar surface area (TPSA) is 9.23 Å². The maximum atomic E-state index is 14.6. The normalized spacial score (nSPS) is 32.1. The average molecular weight is 487 g/mol. The Morgan fingerprint density at radius 2 is 1.40 bits per heavy atom. The van der Waals surface area contributed by atoms with Crippen molar-refractivity contribution < 1.29 is 13.5 Å². The van der Waals surface area contributed by atoms with Gasteiger partial charge in [0, 0.05) is 0 Å². The SMILES string of the molecule is CCOc1ccc(C2CCC(CC/C=C/C3CCC(C4CCC(CC)CC4)CC3)CC2)c(F)c1F. The fourth-order valence-electron chi connectivity index (χ4n) is 7.39. The number of hydrogen-bond acceptors (Lipinski definition) is 1. The standard InChI is InChI=1S/C32H48F2O/c1-3-23-9-15-26(16-10-23)27-17-11-24(12-18-27)7-5-6-8-25-13-19-28(20-14-25)29-21-22-30(35-4-2)32(34)31(29)33/h5,7,21-28H,3-4,6,8-20H2,1-2H3/b7-5+. The summed E-state index contributed by atoms with van der Waals surface area (Å²) in [4.78, 5) is 0. The van der Waals surface area contributed by atoms with Crippen molar-refractivity contribution in [2.45, 2.75) is 116 Å². The lowest BCUT2D eigenvalue weighted by atomic mass is 9.69. The quantitative estimate of drug-likeness (QED) is 0.315. The van der Waals surface area contributed by atoms with Gasteiger partial charge >= 0.3 is 0 Å². The summed E-state index contributed by atoms with van der Waals surface area (Å²) in [5.74, 6) is 3.19. The van der Waals surface area contributed by atoms with Crippen LogP contribution in [0.2, 0.25) is 0 Å². The zero-order valence-corrected chi connectivity index (χ0v) is 22.3. The fourth-order valence-corrected chi connectivity index (χ4v) is 7.39. The van der Waals surface area contributed by atoms with Crippen LogP contribution in [0.4, 0.5) is 8.78 Å². The molecule has 0 radical (unpaired) electrons. The number of allylic oxidation sites excluding steroid dienone is 2. The molecule has 0 spiro atoms. The van der Waals surface area contributed by atoms with Gasteiger partial charge in [-0.05, 0) is 131 Å². The van der Waals surface area contributed by atoms with Gasteiger partial charge in [-0.15, -0.1) is 0 Å². The summed E-state index contributed by atoms with van der Waals surface area (Å²) in [7, 11) is 0. The van der Waals surface area contributed by atoms with Gasteiger partial charge in [-0.1, -0.05) is 44.4 Å². The van der Waals surface area contributed by atoms with E-state index in [2.05, 4.69) is 19.1 Å². The highest BCUT2D eigenvalue weighted by Gasteiger charge is 2.30. The van der Waals surface area contributed by atoms with E-state index < -0.39 is 11.6 Å². The second-order valence-corrected chi connectivity index (χ2v) is 11.8. The van der Waals surface area contributed by atoms with Gasteiger partial charge in [0.1, 0.15) is 0 Å². The third-order valence-corrected chi connectivity index (χ3v) is 9.76. The van der Waals surface area contributed by atoms with Crippen LogP contribution in [0.15, 0.2) is 24.3 Å². The molecule has 0 unspecified atom stereocenters. The van der Waals surface area contributed by atoms with Crippen molar-refractivity contribution in [3.05, 3.63) is 41.5 Å². The Morgan fingerprint density at radius 3 is 2.03 bits per heavy atom. The average Bonchev–Trinajstić information content (AvgIpc) is 2.90. The Labute approximate surface area is 213 Å². The van der Waals surface area contributed by atoms with E-state index in [0.717, 1.165) is 55.3 Å². The molecule has 3 aliphatic rings. The summed E-state index contributed by atoms with van der Waals surface area (Å²) in [6.07, 6.45) is 24.6. The predicted molar refractivity (Wildman–Crippen MR) is 142 cm³/mol. The summed E-state index contributed by atoms with van der Waals surface area (Å²) in [6.45, 7) is 4.49. The number of benzene rings is 1. The molecule has 196 valence electrons. The van der Waals surface area contributed by atoms with E-state index in [1.54, 1.807) is 19.1 Å². The molecule has 1 aromatic rings. The van der Waals surface area contributed by atoms with Crippen LogP contribution >= 0.6 is 0 Å². The molecule has 0 bridgehead atoms. The summed E-state index contributed by atoms with van der Waals surface area (Å²) < 4.78 is 34.1. The third kappa shape index (κ3) is 7.10. The molecule has 0 aromatic heterocycles. The summed E-state index contributed by atoms with van der Waals surface area (Å²) in [6, 6.07) is 3.33. The zero-order valence-electron chi connectivity index (χ0n) is 22.3. The van der Waals surface area contributed by atoms with E-state index in [0.29, 0.717) is 12.2 Å². The number of halogens is 2. The van der Waals surface area contributed by atoms with Crippen LogP contribution in [0, 0.1) is 41.2 Å². The Morgan fingerprint density at radius 1 is 0.771 bits per heavy atom. The van der Waals surface area contributed by atoms with Crippen LogP contribution in [0.1, 0.15) is 122 Å². The Bertz CT molecular complexity index is 794. The molecule has 0 heterocycles. The number of ether oxygens (including phenoxy) is 1. The van der Waals surface area contributed by atoms with Crippen molar-refractivity contribution in [2.75, 3.05) is 6.61 Å². The van der Waals surface area contributed by atoms with Crippen LogP contribution in [0.5, 0.6) is 5.75 Å². The first-order valence-corrected chi connectivity index (χ1v) is 14.9. The van der Waals surface area contributed by atoms with Gasteiger partial charge < -0.3 is 4.74 Å². The highest BCUT2D eigenvalue weighted by molar-refractivity contribution is 5.33. The molecule has 0 N–H and O–H groups in total. The molecule has 3 fully saturated rings. The van der Waals surface area contributed by atoms with E-state index in [1.165, 1.54) is 70.6 Å². The molecule has 0 saturated heterocycles. The highest BCUT2D eigenvalue weighted by Crippen LogP contribution is 2.43. The maximum Gasteiger partial charge on any atom is 0.200 e. The van der Waals surface area contributed by atoms with Gasteiger partial charge in [0.05, 0.1) is 6.61 Å². The van der Waals surface area contributed by atoms with Crippen LogP contribution in [0.25, 0.3) is 0 Å². The van der Waals surface area contributed by atoms with Crippen LogP contribution in [-0.2, 0) is 0 Å². The van der Waals surface area contributed by atoms with Crippen LogP contribution < -0.4 is 4.74 Å². The maximum absolute atomic E-state index is 14.6. The molecular weight excluding hydrogens is 438 g/mol. The van der Waals surface area contributed by atoms with Crippen LogP contribution in [0.3, 0.4) is 0 Å². The van der Waals surface area contributed by atoms with Gasteiger partial charge in [0.2, 0.25) is 5.82 Å². The molecule has 4 rings (SSSR count). The van der Waals surface area contributed by atoms with Crippen molar-refractivity contribution >= 4 is 0 Å². The first-order chi connectivity index (χ1) is 17.1. The highest BCUT2D eigenvalue weighted by atomic mass is 19.2. The largest absolute Gasteiger partial charge is 0.491 e. The van der Waals surface area contributed by atoms with Crippen molar-refractivity contribution in [3.63, 3.8) is 0 Å². The lowest BCUT2D eigenvalue weighted by Gasteiger charge is -2.37. The van der Waals surface area contributed by atoms with E-state index in [4.69, 9.17) is 4.74 Å². The van der Waals surface area contributed by atoms with Gasteiger partial charge in [-0.3, -0.25) is 0 Å². The van der Waals surface area contributed by atoms with Crippen molar-refractivity contribution in [1.82, 2.24) is 0 Å². The smallest absolute Gasteiger partial charge is 0.200 e. The Kier molecular flexibility index (Phi) is 10.1. The molecule has 0 aliphatic heterocycles. The van der Waals surface area contributed by atoms with E-state index in [1.807, 2.05) is 0 Å². The van der Waals surface area contributed by atoms with Gasteiger partial charge in [-0.25, -0.2) is 4.39 Å². The van der Waals surface area contributed by atoms with Gasteiger partial charge in [-0.2, -0.15) is 4.39 Å². The number of rotatable bonds is 9. The van der Waals surface area contributed by atoms with Crippen molar-refractivity contribution in [1.29, 1.82) is 0 Å². The van der Waals surface area contributed by atoms with Crippen molar-refractivity contribution in [2.24, 2.45) is 29.6 Å². The van der Waals surface area contributed by atoms with Gasteiger partial charge in [0.15, 0.2) is 11.6 Å². The van der Waals surface area contributed by atoms with E-state index >= 15 is 0 Å². The minimum absolute atomic E-state index is 0.0295. The predicted octanol–water partition coefficient (Wildman–Crippen LogP) is 10.00.